The number of likely N-dealkylation sites (N-methyl/N-ethyl adjacent to an activating group) is 1. The second-order valence-corrected chi connectivity index (χ2v) is 5.60. The number of nitrogens with zero attached hydrogens (tertiary/aromatic N) is 1. The van der Waals surface area contributed by atoms with E-state index in [0.29, 0.717) is 23.1 Å². The number of nitrogens with one attached hydrogen (secondary N) is 1. The molecular formula is C13H21ClN2O2S. The zero-order valence-corrected chi connectivity index (χ0v) is 13.2. The number of amides is 1. The standard InChI is InChI=1S/C13H21ClN2O2S/c1-4-16(5-2)7-6-15-11(17)8-10-9-19-13(14)12(10)18-3/h9H,4-8H2,1-3H3,(H,15,17). The van der Waals surface area contributed by atoms with E-state index in [2.05, 4.69) is 24.1 Å². The first-order valence-corrected chi connectivity index (χ1v) is 7.67. The third kappa shape index (κ3) is 5.01. The molecule has 0 spiro atoms. The Balaban J connectivity index is 2.39. The minimum Gasteiger partial charge on any atom is -0.494 e. The second kappa shape index (κ2) is 8.40. The van der Waals surface area contributed by atoms with E-state index >= 15 is 0 Å². The molecule has 0 bridgehead atoms. The van der Waals surface area contributed by atoms with Crippen molar-refractivity contribution < 1.29 is 9.53 Å². The highest BCUT2D eigenvalue weighted by atomic mass is 35.5. The lowest BCUT2D eigenvalue weighted by Crippen LogP contribution is -2.35. The van der Waals surface area contributed by atoms with E-state index in [1.165, 1.54) is 11.3 Å². The van der Waals surface area contributed by atoms with Crippen LogP contribution in [-0.4, -0.2) is 44.1 Å². The van der Waals surface area contributed by atoms with Gasteiger partial charge in [-0.1, -0.05) is 25.4 Å². The van der Waals surface area contributed by atoms with Crippen LogP contribution in [0.5, 0.6) is 5.75 Å². The maximum atomic E-state index is 11.8. The Bertz CT molecular complexity index is 405. The molecule has 1 aromatic heterocycles. The fourth-order valence-electron chi connectivity index (χ4n) is 1.82. The number of halogens is 1. The number of ether oxygens (including phenoxy) is 1. The summed E-state index contributed by atoms with van der Waals surface area (Å²) in [5, 5.41) is 4.78. The summed E-state index contributed by atoms with van der Waals surface area (Å²) >= 11 is 7.35. The van der Waals surface area contributed by atoms with Gasteiger partial charge in [-0.25, -0.2) is 0 Å². The molecule has 0 saturated carbocycles. The first-order chi connectivity index (χ1) is 9.12. The van der Waals surface area contributed by atoms with Crippen molar-refractivity contribution in [2.75, 3.05) is 33.3 Å². The van der Waals surface area contributed by atoms with Gasteiger partial charge >= 0.3 is 0 Å². The van der Waals surface area contributed by atoms with Gasteiger partial charge in [0.15, 0.2) is 5.75 Å². The summed E-state index contributed by atoms with van der Waals surface area (Å²) in [6.07, 6.45) is 0.310. The summed E-state index contributed by atoms with van der Waals surface area (Å²) in [6, 6.07) is 0. The molecule has 0 atom stereocenters. The lowest BCUT2D eigenvalue weighted by atomic mass is 10.2. The quantitative estimate of drug-likeness (QED) is 0.802. The van der Waals surface area contributed by atoms with Crippen molar-refractivity contribution in [2.24, 2.45) is 0 Å². The number of thiophene rings is 1. The fourth-order valence-corrected chi connectivity index (χ4v) is 2.91. The molecule has 1 heterocycles. The monoisotopic (exact) mass is 304 g/mol. The van der Waals surface area contributed by atoms with Crippen molar-refractivity contribution in [1.82, 2.24) is 10.2 Å². The van der Waals surface area contributed by atoms with Crippen LogP contribution in [0, 0.1) is 0 Å². The molecule has 0 aliphatic rings. The topological polar surface area (TPSA) is 41.6 Å². The average Bonchev–Trinajstić information content (AvgIpc) is 2.75. The van der Waals surface area contributed by atoms with E-state index in [1.54, 1.807) is 7.11 Å². The molecule has 0 saturated heterocycles. The summed E-state index contributed by atoms with van der Waals surface area (Å²) in [4.78, 5) is 14.1. The summed E-state index contributed by atoms with van der Waals surface area (Å²) in [6.45, 7) is 7.77. The molecule has 19 heavy (non-hydrogen) atoms. The molecule has 1 aromatic rings. The Morgan fingerprint density at radius 1 is 1.47 bits per heavy atom. The Kier molecular flexibility index (Phi) is 7.20. The van der Waals surface area contributed by atoms with Crippen molar-refractivity contribution in [3.05, 3.63) is 15.3 Å². The van der Waals surface area contributed by atoms with Crippen LogP contribution in [0.3, 0.4) is 0 Å². The highest BCUT2D eigenvalue weighted by molar-refractivity contribution is 7.15. The van der Waals surface area contributed by atoms with Gasteiger partial charge in [-0.2, -0.15) is 0 Å². The molecule has 1 amide bonds. The normalized spacial score (nSPS) is 10.8. The van der Waals surface area contributed by atoms with Crippen LogP contribution in [0.1, 0.15) is 19.4 Å². The smallest absolute Gasteiger partial charge is 0.224 e. The van der Waals surface area contributed by atoms with E-state index in [1.807, 2.05) is 5.38 Å². The lowest BCUT2D eigenvalue weighted by molar-refractivity contribution is -0.120. The summed E-state index contributed by atoms with van der Waals surface area (Å²) in [5.41, 5.74) is 0.845. The van der Waals surface area contributed by atoms with Gasteiger partial charge in [-0.15, -0.1) is 11.3 Å². The van der Waals surface area contributed by atoms with Gasteiger partial charge in [0.2, 0.25) is 5.91 Å². The zero-order chi connectivity index (χ0) is 14.3. The van der Waals surface area contributed by atoms with E-state index < -0.39 is 0 Å². The van der Waals surface area contributed by atoms with Crippen molar-refractivity contribution >= 4 is 28.8 Å². The van der Waals surface area contributed by atoms with Gasteiger partial charge in [-0.3, -0.25) is 4.79 Å². The molecule has 6 heteroatoms. The van der Waals surface area contributed by atoms with Gasteiger partial charge in [0.05, 0.1) is 13.5 Å². The first-order valence-electron chi connectivity index (χ1n) is 6.41. The molecule has 108 valence electrons. The number of carbonyl (C=O) groups is 1. The number of hydrogen-bond acceptors (Lipinski definition) is 4. The summed E-state index contributed by atoms with van der Waals surface area (Å²) in [7, 11) is 1.57. The molecule has 1 rings (SSSR count). The van der Waals surface area contributed by atoms with Gasteiger partial charge in [0.1, 0.15) is 4.34 Å². The molecule has 1 N–H and O–H groups in total. The highest BCUT2D eigenvalue weighted by Gasteiger charge is 2.13. The van der Waals surface area contributed by atoms with Crippen LogP contribution in [0.15, 0.2) is 5.38 Å². The highest BCUT2D eigenvalue weighted by Crippen LogP contribution is 2.35. The Morgan fingerprint density at radius 3 is 2.74 bits per heavy atom. The van der Waals surface area contributed by atoms with Crippen molar-refractivity contribution in [1.29, 1.82) is 0 Å². The van der Waals surface area contributed by atoms with Gasteiger partial charge in [0.25, 0.3) is 0 Å². The molecule has 0 radical (unpaired) electrons. The minimum atomic E-state index is -0.0000715. The third-order valence-electron chi connectivity index (χ3n) is 2.97. The van der Waals surface area contributed by atoms with Crippen LogP contribution >= 0.6 is 22.9 Å². The number of rotatable bonds is 8. The SMILES string of the molecule is CCN(CC)CCNC(=O)Cc1csc(Cl)c1OC. The van der Waals surface area contributed by atoms with Crippen LogP contribution in [0.25, 0.3) is 0 Å². The van der Waals surface area contributed by atoms with E-state index in [-0.39, 0.29) is 5.91 Å². The van der Waals surface area contributed by atoms with E-state index in [4.69, 9.17) is 16.3 Å². The zero-order valence-electron chi connectivity index (χ0n) is 11.7. The molecule has 0 aliphatic heterocycles. The van der Waals surface area contributed by atoms with Crippen molar-refractivity contribution in [3.8, 4) is 5.75 Å². The Morgan fingerprint density at radius 2 is 2.16 bits per heavy atom. The van der Waals surface area contributed by atoms with Crippen LogP contribution in [0.2, 0.25) is 4.34 Å². The molecule has 0 unspecified atom stereocenters. The van der Waals surface area contributed by atoms with E-state index in [9.17, 15) is 4.79 Å². The van der Waals surface area contributed by atoms with Gasteiger partial charge < -0.3 is 15.0 Å². The molecule has 0 aromatic carbocycles. The van der Waals surface area contributed by atoms with Gasteiger partial charge in [-0.05, 0) is 18.5 Å². The second-order valence-electron chi connectivity index (χ2n) is 4.12. The van der Waals surface area contributed by atoms with Crippen molar-refractivity contribution in [2.45, 2.75) is 20.3 Å². The van der Waals surface area contributed by atoms with Crippen molar-refractivity contribution in [3.63, 3.8) is 0 Å². The number of hydrogen-bond donors (Lipinski definition) is 1. The van der Waals surface area contributed by atoms with E-state index in [0.717, 1.165) is 25.2 Å². The third-order valence-corrected chi connectivity index (χ3v) is 4.21. The predicted molar refractivity (Wildman–Crippen MR) is 80.4 cm³/mol. The Labute approximate surface area is 123 Å². The first kappa shape index (κ1) is 16.3. The van der Waals surface area contributed by atoms with Crippen LogP contribution in [0.4, 0.5) is 0 Å². The average molecular weight is 305 g/mol. The Hall–Kier alpha value is -0.780. The van der Waals surface area contributed by atoms with Crippen LogP contribution < -0.4 is 10.1 Å². The van der Waals surface area contributed by atoms with Gasteiger partial charge in [0, 0.05) is 18.7 Å². The number of carbonyl (C=O) groups excluding carboxylic acids is 1. The maximum absolute atomic E-state index is 11.8. The maximum Gasteiger partial charge on any atom is 0.224 e. The van der Waals surface area contributed by atoms with Crippen LogP contribution in [-0.2, 0) is 11.2 Å². The lowest BCUT2D eigenvalue weighted by Gasteiger charge is -2.17. The molecular weight excluding hydrogens is 284 g/mol. The largest absolute Gasteiger partial charge is 0.494 e. The molecule has 0 fully saturated rings. The fraction of sp³-hybridized carbons (Fsp3) is 0.615. The summed E-state index contributed by atoms with van der Waals surface area (Å²) in [5.74, 6) is 0.616. The minimum absolute atomic E-state index is 0.0000715. The molecule has 0 aliphatic carbocycles. The number of methoxy groups -OCH3 is 1. The molecule has 4 nitrogen and oxygen atoms in total. The predicted octanol–water partition coefficient (Wildman–Crippen LogP) is 2.41. The summed E-state index contributed by atoms with van der Waals surface area (Å²) < 4.78 is 5.78.